The van der Waals surface area contributed by atoms with Crippen LogP contribution in [0.3, 0.4) is 0 Å². The van der Waals surface area contributed by atoms with Gasteiger partial charge in [0, 0.05) is 25.2 Å². The van der Waals surface area contributed by atoms with E-state index in [-0.39, 0.29) is 11.8 Å². The van der Waals surface area contributed by atoms with Gasteiger partial charge in [-0.2, -0.15) is 5.10 Å². The molecule has 1 aromatic carbocycles. The first-order valence-corrected chi connectivity index (χ1v) is 8.45. The number of aromatic nitrogens is 2. The second-order valence-corrected chi connectivity index (χ2v) is 6.81. The number of nitrogens with zero attached hydrogens (tertiary/aromatic N) is 3. The number of amides is 1. The van der Waals surface area contributed by atoms with E-state index in [9.17, 15) is 4.79 Å². The van der Waals surface area contributed by atoms with Gasteiger partial charge in [-0.25, -0.2) is 4.68 Å². The van der Waals surface area contributed by atoms with Crippen LogP contribution in [-0.4, -0.2) is 33.7 Å². The van der Waals surface area contributed by atoms with E-state index < -0.39 is 0 Å². The third-order valence-electron chi connectivity index (χ3n) is 4.64. The van der Waals surface area contributed by atoms with Crippen molar-refractivity contribution in [1.29, 1.82) is 0 Å². The number of piperidine rings is 1. The lowest BCUT2D eigenvalue weighted by Gasteiger charge is -2.32. The molecule has 1 saturated heterocycles. The Morgan fingerprint density at radius 3 is 2.65 bits per heavy atom. The average molecular weight is 311 g/mol. The average Bonchev–Trinajstić information content (AvgIpc) is 3.04. The summed E-state index contributed by atoms with van der Waals surface area (Å²) in [4.78, 5) is 14.1. The molecule has 1 aliphatic heterocycles. The first-order chi connectivity index (χ1) is 11.0. The number of benzene rings is 1. The molecule has 4 nitrogen and oxygen atoms in total. The number of likely N-dealkylation sites (tertiary alicyclic amines) is 1. The number of aryl methyl sites for hydroxylation is 1. The Balaban J connectivity index is 1.67. The lowest BCUT2D eigenvalue weighted by molar-refractivity contribution is -0.135. The van der Waals surface area contributed by atoms with E-state index in [1.165, 1.54) is 11.1 Å². The molecule has 23 heavy (non-hydrogen) atoms. The fourth-order valence-electron chi connectivity index (χ4n) is 3.26. The summed E-state index contributed by atoms with van der Waals surface area (Å²) in [6.45, 7) is 7.75. The summed E-state index contributed by atoms with van der Waals surface area (Å²) in [7, 11) is 0. The second kappa shape index (κ2) is 6.57. The summed E-state index contributed by atoms with van der Waals surface area (Å²) >= 11 is 0. The van der Waals surface area contributed by atoms with E-state index in [0.717, 1.165) is 31.6 Å². The Bertz CT molecular complexity index is 681. The van der Waals surface area contributed by atoms with Crippen LogP contribution in [-0.2, 0) is 4.79 Å². The van der Waals surface area contributed by atoms with E-state index >= 15 is 0 Å². The monoisotopic (exact) mass is 311 g/mol. The third kappa shape index (κ3) is 3.46. The van der Waals surface area contributed by atoms with Crippen LogP contribution in [0.25, 0.3) is 5.69 Å². The van der Waals surface area contributed by atoms with E-state index in [1.807, 2.05) is 29.6 Å². The molecule has 1 fully saturated rings. The van der Waals surface area contributed by atoms with Gasteiger partial charge in [-0.05, 0) is 48.9 Å². The highest BCUT2D eigenvalue weighted by molar-refractivity contribution is 5.78. The van der Waals surface area contributed by atoms with Gasteiger partial charge in [-0.15, -0.1) is 0 Å². The highest BCUT2D eigenvalue weighted by Gasteiger charge is 2.25. The van der Waals surface area contributed by atoms with Crippen LogP contribution in [0.4, 0.5) is 0 Å². The molecule has 1 aromatic heterocycles. The van der Waals surface area contributed by atoms with Gasteiger partial charge in [-0.3, -0.25) is 4.79 Å². The molecule has 1 aliphatic rings. The molecular formula is C19H25N3O. The molecule has 0 aliphatic carbocycles. The van der Waals surface area contributed by atoms with Crippen LogP contribution in [0.2, 0.25) is 0 Å². The van der Waals surface area contributed by atoms with Gasteiger partial charge in [-0.1, -0.05) is 26.0 Å². The SMILES string of the molecule is Cc1cccc(-n2cc(C3CCN(C(=O)C(C)C)CC3)cn2)c1. The molecule has 0 N–H and O–H groups in total. The Labute approximate surface area is 138 Å². The molecule has 3 rings (SSSR count). The van der Waals surface area contributed by atoms with Crippen molar-refractivity contribution < 1.29 is 4.79 Å². The van der Waals surface area contributed by atoms with E-state index in [1.54, 1.807) is 0 Å². The molecule has 0 bridgehead atoms. The number of carbonyl (C=O) groups is 1. The summed E-state index contributed by atoms with van der Waals surface area (Å²) < 4.78 is 1.95. The van der Waals surface area contributed by atoms with Crippen LogP contribution >= 0.6 is 0 Å². The lowest BCUT2D eigenvalue weighted by atomic mass is 9.91. The quantitative estimate of drug-likeness (QED) is 0.869. The van der Waals surface area contributed by atoms with Crippen molar-refractivity contribution in [2.75, 3.05) is 13.1 Å². The van der Waals surface area contributed by atoms with Crippen LogP contribution in [0.15, 0.2) is 36.7 Å². The zero-order chi connectivity index (χ0) is 16.4. The first kappa shape index (κ1) is 15.8. The molecule has 0 atom stereocenters. The molecule has 1 amide bonds. The maximum atomic E-state index is 12.1. The molecule has 0 saturated carbocycles. The molecular weight excluding hydrogens is 286 g/mol. The maximum Gasteiger partial charge on any atom is 0.225 e. The highest BCUT2D eigenvalue weighted by Crippen LogP contribution is 2.28. The van der Waals surface area contributed by atoms with Crippen LogP contribution in [0, 0.1) is 12.8 Å². The Morgan fingerprint density at radius 1 is 1.26 bits per heavy atom. The normalized spacial score (nSPS) is 16.1. The molecule has 0 radical (unpaired) electrons. The van der Waals surface area contributed by atoms with Crippen molar-refractivity contribution in [2.45, 2.75) is 39.5 Å². The molecule has 2 heterocycles. The number of hydrogen-bond donors (Lipinski definition) is 0. The summed E-state index contributed by atoms with van der Waals surface area (Å²) in [5.74, 6) is 0.874. The fourth-order valence-corrected chi connectivity index (χ4v) is 3.26. The van der Waals surface area contributed by atoms with Gasteiger partial charge in [0.15, 0.2) is 0 Å². The van der Waals surface area contributed by atoms with Crippen LogP contribution < -0.4 is 0 Å². The lowest BCUT2D eigenvalue weighted by Crippen LogP contribution is -2.40. The van der Waals surface area contributed by atoms with Crippen molar-refractivity contribution in [3.63, 3.8) is 0 Å². The zero-order valence-electron chi connectivity index (χ0n) is 14.2. The van der Waals surface area contributed by atoms with E-state index in [0.29, 0.717) is 5.92 Å². The van der Waals surface area contributed by atoms with Gasteiger partial charge in [0.05, 0.1) is 11.9 Å². The number of rotatable bonds is 3. The van der Waals surface area contributed by atoms with Crippen molar-refractivity contribution in [2.24, 2.45) is 5.92 Å². The minimum absolute atomic E-state index is 0.0932. The Kier molecular flexibility index (Phi) is 4.51. The predicted molar refractivity (Wildman–Crippen MR) is 91.7 cm³/mol. The first-order valence-electron chi connectivity index (χ1n) is 8.45. The van der Waals surface area contributed by atoms with Crippen molar-refractivity contribution in [1.82, 2.24) is 14.7 Å². The van der Waals surface area contributed by atoms with Crippen LogP contribution in [0.1, 0.15) is 43.7 Å². The number of hydrogen-bond acceptors (Lipinski definition) is 2. The standard InChI is InChI=1S/C19H25N3O/c1-14(2)19(23)21-9-7-16(8-10-21)17-12-20-22(13-17)18-6-4-5-15(3)11-18/h4-6,11-14,16H,7-10H2,1-3H3. The van der Waals surface area contributed by atoms with Crippen molar-refractivity contribution >= 4 is 5.91 Å². The van der Waals surface area contributed by atoms with Gasteiger partial charge in [0.1, 0.15) is 0 Å². The van der Waals surface area contributed by atoms with Gasteiger partial charge in [0.2, 0.25) is 5.91 Å². The van der Waals surface area contributed by atoms with E-state index in [4.69, 9.17) is 0 Å². The minimum atomic E-state index is 0.0932. The summed E-state index contributed by atoms with van der Waals surface area (Å²) in [5.41, 5.74) is 3.62. The molecule has 122 valence electrons. The summed E-state index contributed by atoms with van der Waals surface area (Å²) in [5, 5.41) is 4.52. The third-order valence-corrected chi connectivity index (χ3v) is 4.64. The van der Waals surface area contributed by atoms with Gasteiger partial charge in [0.25, 0.3) is 0 Å². The summed E-state index contributed by atoms with van der Waals surface area (Å²) in [6.07, 6.45) is 6.17. The van der Waals surface area contributed by atoms with Gasteiger partial charge < -0.3 is 4.90 Å². The maximum absolute atomic E-state index is 12.1. The van der Waals surface area contributed by atoms with Crippen molar-refractivity contribution in [3.8, 4) is 5.69 Å². The topological polar surface area (TPSA) is 38.1 Å². The van der Waals surface area contributed by atoms with Gasteiger partial charge >= 0.3 is 0 Å². The zero-order valence-corrected chi connectivity index (χ0v) is 14.2. The fraction of sp³-hybridized carbons (Fsp3) is 0.474. The molecule has 0 unspecified atom stereocenters. The second-order valence-electron chi connectivity index (χ2n) is 6.81. The minimum Gasteiger partial charge on any atom is -0.342 e. The number of carbonyl (C=O) groups excluding carboxylic acids is 1. The smallest absolute Gasteiger partial charge is 0.225 e. The van der Waals surface area contributed by atoms with Crippen LogP contribution in [0.5, 0.6) is 0 Å². The Hall–Kier alpha value is -2.10. The summed E-state index contributed by atoms with van der Waals surface area (Å²) in [6, 6.07) is 8.37. The predicted octanol–water partition coefficient (Wildman–Crippen LogP) is 3.54. The van der Waals surface area contributed by atoms with Crippen molar-refractivity contribution in [3.05, 3.63) is 47.8 Å². The Morgan fingerprint density at radius 2 is 2.00 bits per heavy atom. The molecule has 4 heteroatoms. The molecule has 2 aromatic rings. The largest absolute Gasteiger partial charge is 0.342 e. The highest BCUT2D eigenvalue weighted by atomic mass is 16.2. The molecule has 0 spiro atoms. The van der Waals surface area contributed by atoms with E-state index in [2.05, 4.69) is 42.5 Å².